The maximum atomic E-state index is 3.64. The van der Waals surface area contributed by atoms with Crippen LogP contribution in [-0.2, 0) is 6.54 Å². The van der Waals surface area contributed by atoms with E-state index in [1.165, 1.54) is 41.2 Å². The molecule has 0 spiro atoms. The molecule has 3 heteroatoms. The predicted molar refractivity (Wildman–Crippen MR) is 89.6 cm³/mol. The number of nitrogens with one attached hydrogen (secondary N) is 1. The van der Waals surface area contributed by atoms with Crippen LogP contribution in [0.5, 0.6) is 0 Å². The van der Waals surface area contributed by atoms with E-state index >= 15 is 0 Å². The van der Waals surface area contributed by atoms with E-state index in [9.17, 15) is 0 Å². The van der Waals surface area contributed by atoms with Gasteiger partial charge >= 0.3 is 0 Å². The smallest absolute Gasteiger partial charge is 0.0219 e. The van der Waals surface area contributed by atoms with E-state index in [1.807, 2.05) is 11.8 Å². The lowest BCUT2D eigenvalue weighted by Gasteiger charge is -2.18. The number of benzene rings is 1. The average molecular weight is 292 g/mol. The van der Waals surface area contributed by atoms with Gasteiger partial charge in [0.15, 0.2) is 0 Å². The molecule has 0 unspecified atom stereocenters. The van der Waals surface area contributed by atoms with E-state index in [1.54, 1.807) is 0 Å². The Morgan fingerprint density at radius 1 is 1.25 bits per heavy atom. The van der Waals surface area contributed by atoms with E-state index in [0.717, 1.165) is 25.7 Å². The second-order valence-electron chi connectivity index (χ2n) is 5.64. The predicted octanol–water partition coefficient (Wildman–Crippen LogP) is 3.68. The minimum Gasteiger partial charge on any atom is -0.310 e. The fraction of sp³-hybridized carbons (Fsp3) is 0.647. The van der Waals surface area contributed by atoms with Gasteiger partial charge in [-0.05, 0) is 44.5 Å². The van der Waals surface area contributed by atoms with Crippen LogP contribution >= 0.6 is 11.8 Å². The van der Waals surface area contributed by atoms with E-state index in [2.05, 4.69) is 49.2 Å². The van der Waals surface area contributed by atoms with E-state index < -0.39 is 0 Å². The Bertz CT molecular complexity index is 411. The summed E-state index contributed by atoms with van der Waals surface area (Å²) in [6, 6.07) is 7.66. The molecular formula is C17H28N2S. The molecule has 20 heavy (non-hydrogen) atoms. The second-order valence-corrected chi connectivity index (χ2v) is 6.78. The molecule has 112 valence electrons. The first-order valence-electron chi connectivity index (χ1n) is 7.91. The molecular weight excluding hydrogens is 264 g/mol. The largest absolute Gasteiger partial charge is 0.310 e. The summed E-state index contributed by atoms with van der Waals surface area (Å²) in [5, 5.41) is 3.64. The van der Waals surface area contributed by atoms with Gasteiger partial charge in [-0.1, -0.05) is 31.5 Å². The van der Waals surface area contributed by atoms with Gasteiger partial charge in [0.05, 0.1) is 0 Å². The van der Waals surface area contributed by atoms with Crippen molar-refractivity contribution in [2.75, 3.05) is 25.4 Å². The molecule has 0 radical (unpaired) electrons. The quantitative estimate of drug-likeness (QED) is 0.699. The number of nitrogens with zero attached hydrogens (tertiary/aromatic N) is 1. The van der Waals surface area contributed by atoms with Crippen molar-refractivity contribution in [2.24, 2.45) is 0 Å². The minimum atomic E-state index is 0.782. The topological polar surface area (TPSA) is 15.3 Å². The van der Waals surface area contributed by atoms with Gasteiger partial charge in [0.2, 0.25) is 0 Å². The zero-order valence-electron chi connectivity index (χ0n) is 13.1. The second kappa shape index (κ2) is 8.06. The summed E-state index contributed by atoms with van der Waals surface area (Å²) in [4.78, 5) is 3.94. The van der Waals surface area contributed by atoms with Gasteiger partial charge in [-0.25, -0.2) is 0 Å². The molecule has 0 amide bonds. The lowest BCUT2D eigenvalue weighted by molar-refractivity contribution is 0.324. The molecule has 1 aromatic carbocycles. The summed E-state index contributed by atoms with van der Waals surface area (Å²) in [6.45, 7) is 11.2. The highest BCUT2D eigenvalue weighted by molar-refractivity contribution is 7.99. The Morgan fingerprint density at radius 2 is 2.00 bits per heavy atom. The van der Waals surface area contributed by atoms with Crippen LogP contribution in [0.3, 0.4) is 0 Å². The van der Waals surface area contributed by atoms with Crippen molar-refractivity contribution in [3.8, 4) is 0 Å². The van der Waals surface area contributed by atoms with Crippen LogP contribution in [0.2, 0.25) is 0 Å². The highest BCUT2D eigenvalue weighted by Gasteiger charge is 2.20. The van der Waals surface area contributed by atoms with Gasteiger partial charge < -0.3 is 10.2 Å². The first kappa shape index (κ1) is 15.9. The van der Waals surface area contributed by atoms with Crippen molar-refractivity contribution in [3.05, 3.63) is 29.3 Å². The fourth-order valence-electron chi connectivity index (χ4n) is 2.35. The molecule has 0 atom stereocenters. The maximum Gasteiger partial charge on any atom is 0.0219 e. The third-order valence-electron chi connectivity index (χ3n) is 3.93. The summed E-state index contributed by atoms with van der Waals surface area (Å²) in [5.41, 5.74) is 2.84. The van der Waals surface area contributed by atoms with Crippen LogP contribution in [0.1, 0.15) is 37.8 Å². The Labute approximate surface area is 128 Å². The van der Waals surface area contributed by atoms with Gasteiger partial charge in [-0.2, -0.15) is 0 Å². The van der Waals surface area contributed by atoms with Gasteiger partial charge in [-0.15, -0.1) is 11.8 Å². The summed E-state index contributed by atoms with van der Waals surface area (Å²) in [5.74, 6) is 1.18. The summed E-state index contributed by atoms with van der Waals surface area (Å²) in [6.07, 6.45) is 2.71. The number of rotatable bonds is 9. The van der Waals surface area contributed by atoms with Crippen LogP contribution < -0.4 is 5.32 Å². The summed E-state index contributed by atoms with van der Waals surface area (Å²) in [7, 11) is 0. The highest BCUT2D eigenvalue weighted by Crippen LogP contribution is 2.26. The number of thioether (sulfide) groups is 1. The normalized spacial score (nSPS) is 15.0. The molecule has 0 aliphatic heterocycles. The first-order valence-corrected chi connectivity index (χ1v) is 8.89. The van der Waals surface area contributed by atoms with E-state index in [-0.39, 0.29) is 0 Å². The lowest BCUT2D eigenvalue weighted by Crippen LogP contribution is -2.25. The fourth-order valence-corrected chi connectivity index (χ4v) is 3.40. The van der Waals surface area contributed by atoms with Crippen molar-refractivity contribution in [1.29, 1.82) is 0 Å². The Hall–Kier alpha value is -0.510. The van der Waals surface area contributed by atoms with Gasteiger partial charge in [-0.3, -0.25) is 0 Å². The molecule has 1 saturated carbocycles. The number of aryl methyl sites for hydroxylation is 1. The molecule has 1 aliphatic rings. The molecule has 1 N–H and O–H groups in total. The minimum absolute atomic E-state index is 0.782. The monoisotopic (exact) mass is 292 g/mol. The SMILES string of the molecule is CCN(CC)CCSc1ccc(C)cc1CNC1CC1. The van der Waals surface area contributed by atoms with Gasteiger partial charge in [0, 0.05) is 29.8 Å². The lowest BCUT2D eigenvalue weighted by atomic mass is 10.1. The van der Waals surface area contributed by atoms with Crippen molar-refractivity contribution >= 4 is 11.8 Å². The molecule has 2 nitrogen and oxygen atoms in total. The van der Waals surface area contributed by atoms with Crippen LogP contribution in [0, 0.1) is 6.92 Å². The molecule has 2 rings (SSSR count). The van der Waals surface area contributed by atoms with Gasteiger partial charge in [0.1, 0.15) is 0 Å². The van der Waals surface area contributed by atoms with Crippen molar-refractivity contribution in [3.63, 3.8) is 0 Å². The first-order chi connectivity index (χ1) is 9.72. The van der Waals surface area contributed by atoms with Crippen molar-refractivity contribution < 1.29 is 0 Å². The highest BCUT2D eigenvalue weighted by atomic mass is 32.2. The molecule has 0 heterocycles. The maximum absolute atomic E-state index is 3.64. The van der Waals surface area contributed by atoms with Crippen molar-refractivity contribution in [2.45, 2.75) is 51.1 Å². The van der Waals surface area contributed by atoms with Crippen LogP contribution in [0.25, 0.3) is 0 Å². The summed E-state index contributed by atoms with van der Waals surface area (Å²) >= 11 is 2.01. The average Bonchev–Trinajstić information content (AvgIpc) is 3.27. The molecule has 1 aliphatic carbocycles. The molecule has 1 fully saturated rings. The zero-order valence-corrected chi connectivity index (χ0v) is 13.9. The van der Waals surface area contributed by atoms with E-state index in [0.29, 0.717) is 0 Å². The van der Waals surface area contributed by atoms with Crippen molar-refractivity contribution in [1.82, 2.24) is 10.2 Å². The standard InChI is InChI=1S/C17H28N2S/c1-4-19(5-2)10-11-20-17-9-6-14(3)12-15(17)13-18-16-7-8-16/h6,9,12,16,18H,4-5,7-8,10-11,13H2,1-3H3. The third-order valence-corrected chi connectivity index (χ3v) is 5.03. The molecule has 1 aromatic rings. The molecule has 0 aromatic heterocycles. The van der Waals surface area contributed by atoms with Crippen LogP contribution in [0.4, 0.5) is 0 Å². The third kappa shape index (κ3) is 5.12. The van der Waals surface area contributed by atoms with Gasteiger partial charge in [0.25, 0.3) is 0 Å². The Balaban J connectivity index is 1.87. The van der Waals surface area contributed by atoms with Crippen LogP contribution in [0.15, 0.2) is 23.1 Å². The molecule has 0 saturated heterocycles. The number of hydrogen-bond acceptors (Lipinski definition) is 3. The number of hydrogen-bond donors (Lipinski definition) is 1. The zero-order chi connectivity index (χ0) is 14.4. The summed E-state index contributed by atoms with van der Waals surface area (Å²) < 4.78 is 0. The Morgan fingerprint density at radius 3 is 2.65 bits per heavy atom. The molecule has 0 bridgehead atoms. The Kier molecular flexibility index (Phi) is 6.40. The van der Waals surface area contributed by atoms with E-state index in [4.69, 9.17) is 0 Å². The van der Waals surface area contributed by atoms with Crippen LogP contribution in [-0.4, -0.2) is 36.3 Å².